The van der Waals surface area contributed by atoms with Gasteiger partial charge in [0, 0.05) is 12.1 Å². The van der Waals surface area contributed by atoms with Crippen LogP contribution in [0.3, 0.4) is 0 Å². The summed E-state index contributed by atoms with van der Waals surface area (Å²) >= 11 is 0. The minimum Gasteiger partial charge on any atom is -0.481 e. The van der Waals surface area contributed by atoms with Crippen molar-refractivity contribution in [1.82, 2.24) is 0 Å². The number of amides is 1. The number of benzene rings is 1. The molecule has 0 aromatic heterocycles. The normalized spacial score (nSPS) is 11.2. The van der Waals surface area contributed by atoms with Gasteiger partial charge < -0.3 is 10.4 Å². The Morgan fingerprint density at radius 1 is 1.15 bits per heavy atom. The van der Waals surface area contributed by atoms with Crippen LogP contribution in [0, 0.1) is 5.41 Å². The molecular weight excluding hydrogens is 254 g/mol. The Bertz CT molecular complexity index is 506. The van der Waals surface area contributed by atoms with Gasteiger partial charge in [0.05, 0.1) is 5.41 Å². The molecule has 4 heteroatoms. The second-order valence-corrected chi connectivity index (χ2v) is 5.60. The molecule has 0 saturated heterocycles. The molecule has 0 aliphatic rings. The van der Waals surface area contributed by atoms with Crippen molar-refractivity contribution in [3.63, 3.8) is 0 Å². The Balaban J connectivity index is 2.79. The smallest absolute Gasteiger partial charge is 0.309 e. The molecule has 0 radical (unpaired) electrons. The maximum absolute atomic E-state index is 11.9. The molecule has 0 saturated carbocycles. The molecule has 0 heterocycles. The van der Waals surface area contributed by atoms with Gasteiger partial charge in [-0.15, -0.1) is 0 Å². The van der Waals surface area contributed by atoms with E-state index < -0.39 is 11.4 Å². The van der Waals surface area contributed by atoms with Crippen molar-refractivity contribution in [2.75, 3.05) is 5.32 Å². The van der Waals surface area contributed by atoms with E-state index >= 15 is 0 Å². The molecule has 0 atom stereocenters. The van der Waals surface area contributed by atoms with Crippen molar-refractivity contribution in [2.45, 2.75) is 47.0 Å². The summed E-state index contributed by atoms with van der Waals surface area (Å²) in [4.78, 5) is 22.9. The lowest BCUT2D eigenvalue weighted by molar-refractivity contribution is -0.148. The zero-order chi connectivity index (χ0) is 15.3. The largest absolute Gasteiger partial charge is 0.481 e. The number of anilines is 1. The van der Waals surface area contributed by atoms with E-state index in [2.05, 4.69) is 19.2 Å². The molecule has 1 amide bonds. The summed E-state index contributed by atoms with van der Waals surface area (Å²) in [6.07, 6.45) is 1.83. The predicted octanol–water partition coefficient (Wildman–Crippen LogP) is 3.25. The van der Waals surface area contributed by atoms with Crippen molar-refractivity contribution in [2.24, 2.45) is 5.41 Å². The number of carbonyl (C=O) groups excluding carboxylic acids is 1. The quantitative estimate of drug-likeness (QED) is 0.838. The van der Waals surface area contributed by atoms with Crippen molar-refractivity contribution < 1.29 is 14.7 Å². The number of hydrogen-bond acceptors (Lipinski definition) is 2. The zero-order valence-electron chi connectivity index (χ0n) is 12.6. The van der Waals surface area contributed by atoms with Gasteiger partial charge in [-0.2, -0.15) is 0 Å². The Morgan fingerprint density at radius 3 is 2.25 bits per heavy atom. The third kappa shape index (κ3) is 4.08. The van der Waals surface area contributed by atoms with Crippen LogP contribution >= 0.6 is 0 Å². The zero-order valence-corrected chi connectivity index (χ0v) is 12.6. The monoisotopic (exact) mass is 277 g/mol. The van der Waals surface area contributed by atoms with E-state index in [-0.39, 0.29) is 12.3 Å². The minimum atomic E-state index is -1.05. The molecule has 0 unspecified atom stereocenters. The minimum absolute atomic E-state index is 0.0423. The Kier molecular flexibility index (Phi) is 5.31. The Labute approximate surface area is 120 Å². The van der Waals surface area contributed by atoms with E-state index in [0.29, 0.717) is 0 Å². The second-order valence-electron chi connectivity index (χ2n) is 5.60. The average Bonchev–Trinajstić information content (AvgIpc) is 2.37. The van der Waals surface area contributed by atoms with Crippen LogP contribution in [-0.2, 0) is 22.4 Å². The number of carbonyl (C=O) groups is 2. The molecule has 1 aromatic rings. The molecule has 20 heavy (non-hydrogen) atoms. The highest BCUT2D eigenvalue weighted by Crippen LogP contribution is 2.22. The number of rotatable bonds is 6. The van der Waals surface area contributed by atoms with Gasteiger partial charge in [0.25, 0.3) is 0 Å². The highest BCUT2D eigenvalue weighted by molar-refractivity contribution is 5.94. The SMILES string of the molecule is CCc1ccc(NC(=O)CC(C)(C)C(=O)O)cc1CC. The van der Waals surface area contributed by atoms with E-state index in [1.165, 1.54) is 11.1 Å². The van der Waals surface area contributed by atoms with Gasteiger partial charge >= 0.3 is 5.97 Å². The van der Waals surface area contributed by atoms with E-state index in [0.717, 1.165) is 18.5 Å². The molecule has 0 bridgehead atoms. The van der Waals surface area contributed by atoms with Crippen LogP contribution in [0.1, 0.15) is 45.2 Å². The number of carboxylic acid groups (broad SMARTS) is 1. The average molecular weight is 277 g/mol. The molecule has 0 aliphatic carbocycles. The Hall–Kier alpha value is -1.84. The maximum atomic E-state index is 11.9. The van der Waals surface area contributed by atoms with Crippen molar-refractivity contribution in [3.8, 4) is 0 Å². The molecule has 0 aliphatic heterocycles. The molecule has 4 nitrogen and oxygen atoms in total. The van der Waals surface area contributed by atoms with Crippen LogP contribution in [0.4, 0.5) is 5.69 Å². The first kappa shape index (κ1) is 16.2. The first-order valence-corrected chi connectivity index (χ1v) is 6.95. The molecular formula is C16H23NO3. The van der Waals surface area contributed by atoms with E-state index in [1.807, 2.05) is 18.2 Å². The molecule has 1 rings (SSSR count). The van der Waals surface area contributed by atoms with Gasteiger partial charge in [0.15, 0.2) is 0 Å². The fourth-order valence-electron chi connectivity index (χ4n) is 2.06. The summed E-state index contributed by atoms with van der Waals surface area (Å²) in [5.74, 6) is -1.24. The lowest BCUT2D eigenvalue weighted by Gasteiger charge is -2.18. The van der Waals surface area contributed by atoms with E-state index in [9.17, 15) is 9.59 Å². The number of aliphatic carboxylic acids is 1. The number of carboxylic acids is 1. The van der Waals surface area contributed by atoms with E-state index in [1.54, 1.807) is 13.8 Å². The van der Waals surface area contributed by atoms with Crippen LogP contribution < -0.4 is 5.32 Å². The lowest BCUT2D eigenvalue weighted by Crippen LogP contribution is -2.29. The van der Waals surface area contributed by atoms with Crippen LogP contribution in [0.5, 0.6) is 0 Å². The number of hydrogen-bond donors (Lipinski definition) is 2. The first-order valence-electron chi connectivity index (χ1n) is 6.95. The van der Waals surface area contributed by atoms with Crippen LogP contribution in [0.2, 0.25) is 0 Å². The summed E-state index contributed by atoms with van der Waals surface area (Å²) in [7, 11) is 0. The van der Waals surface area contributed by atoms with Crippen LogP contribution in [-0.4, -0.2) is 17.0 Å². The van der Waals surface area contributed by atoms with Gasteiger partial charge in [0.1, 0.15) is 0 Å². The lowest BCUT2D eigenvalue weighted by atomic mass is 9.89. The third-order valence-corrected chi connectivity index (χ3v) is 3.43. The van der Waals surface area contributed by atoms with Crippen molar-refractivity contribution in [3.05, 3.63) is 29.3 Å². The summed E-state index contributed by atoms with van der Waals surface area (Å²) < 4.78 is 0. The standard InChI is InChI=1S/C16H23NO3/c1-5-11-7-8-13(9-12(11)6-2)17-14(18)10-16(3,4)15(19)20/h7-9H,5-6,10H2,1-4H3,(H,17,18)(H,19,20). The third-order valence-electron chi connectivity index (χ3n) is 3.43. The van der Waals surface area contributed by atoms with Gasteiger partial charge in [-0.3, -0.25) is 9.59 Å². The van der Waals surface area contributed by atoms with Crippen molar-refractivity contribution in [1.29, 1.82) is 0 Å². The van der Waals surface area contributed by atoms with Crippen molar-refractivity contribution >= 4 is 17.6 Å². The van der Waals surface area contributed by atoms with Gasteiger partial charge in [-0.05, 0) is 49.9 Å². The molecule has 2 N–H and O–H groups in total. The molecule has 1 aromatic carbocycles. The number of nitrogens with one attached hydrogen (secondary N) is 1. The van der Waals surface area contributed by atoms with Gasteiger partial charge in [-0.1, -0.05) is 19.9 Å². The Morgan fingerprint density at radius 2 is 1.75 bits per heavy atom. The van der Waals surface area contributed by atoms with Crippen LogP contribution in [0.25, 0.3) is 0 Å². The fourth-order valence-corrected chi connectivity index (χ4v) is 2.06. The van der Waals surface area contributed by atoms with Gasteiger partial charge in [0.2, 0.25) is 5.91 Å². The number of aryl methyl sites for hydroxylation is 2. The second kappa shape index (κ2) is 6.55. The van der Waals surface area contributed by atoms with Crippen LogP contribution in [0.15, 0.2) is 18.2 Å². The summed E-state index contributed by atoms with van der Waals surface area (Å²) in [5.41, 5.74) is 2.16. The van der Waals surface area contributed by atoms with Gasteiger partial charge in [-0.25, -0.2) is 0 Å². The molecule has 110 valence electrons. The summed E-state index contributed by atoms with van der Waals surface area (Å²) in [5, 5.41) is 11.8. The summed E-state index contributed by atoms with van der Waals surface area (Å²) in [6, 6.07) is 5.84. The fraction of sp³-hybridized carbons (Fsp3) is 0.500. The highest BCUT2D eigenvalue weighted by Gasteiger charge is 2.30. The highest BCUT2D eigenvalue weighted by atomic mass is 16.4. The predicted molar refractivity (Wildman–Crippen MR) is 79.9 cm³/mol. The maximum Gasteiger partial charge on any atom is 0.309 e. The molecule has 0 spiro atoms. The first-order chi connectivity index (χ1) is 9.30. The molecule has 0 fully saturated rings. The van der Waals surface area contributed by atoms with E-state index in [4.69, 9.17) is 5.11 Å². The summed E-state index contributed by atoms with van der Waals surface area (Å²) in [6.45, 7) is 7.27. The topological polar surface area (TPSA) is 66.4 Å².